The second-order valence-electron chi connectivity index (χ2n) is 8.85. The SMILES string of the molecule is COc1ccc(NC(=O)c2cc3c(C(N)C4CCCC(C)C4C)ccc(OC)c3o2)cc1. The highest BCUT2D eigenvalue weighted by molar-refractivity contribution is 6.05. The van der Waals surface area contributed by atoms with E-state index >= 15 is 0 Å². The topological polar surface area (TPSA) is 86.7 Å². The third-order valence-electron chi connectivity index (χ3n) is 7.06. The number of hydrogen-bond donors (Lipinski definition) is 2. The van der Waals surface area contributed by atoms with Crippen molar-refractivity contribution in [2.75, 3.05) is 19.5 Å². The van der Waals surface area contributed by atoms with Crippen molar-refractivity contribution < 1.29 is 18.7 Å². The lowest BCUT2D eigenvalue weighted by atomic mass is 9.69. The fourth-order valence-corrected chi connectivity index (χ4v) is 4.91. The Kier molecular flexibility index (Phi) is 6.42. The van der Waals surface area contributed by atoms with E-state index in [1.54, 1.807) is 44.6 Å². The van der Waals surface area contributed by atoms with E-state index in [1.165, 1.54) is 12.8 Å². The van der Waals surface area contributed by atoms with E-state index in [0.29, 0.717) is 34.8 Å². The number of nitrogens with two attached hydrogens (primary N) is 1. The Bertz CT molecular complexity index is 1090. The Morgan fingerprint density at radius 1 is 1.09 bits per heavy atom. The molecule has 6 nitrogen and oxygen atoms in total. The zero-order valence-corrected chi connectivity index (χ0v) is 19.2. The molecule has 2 aromatic carbocycles. The maximum atomic E-state index is 12.9. The van der Waals surface area contributed by atoms with Crippen molar-refractivity contribution in [2.45, 2.75) is 39.2 Å². The molecular weight excluding hydrogens is 404 g/mol. The lowest BCUT2D eigenvalue weighted by Crippen LogP contribution is -2.33. The van der Waals surface area contributed by atoms with E-state index in [9.17, 15) is 4.79 Å². The van der Waals surface area contributed by atoms with Gasteiger partial charge in [-0.1, -0.05) is 32.8 Å². The lowest BCUT2D eigenvalue weighted by molar-refractivity contribution is 0.0998. The van der Waals surface area contributed by atoms with E-state index in [1.807, 2.05) is 12.1 Å². The molecule has 6 heteroatoms. The molecule has 4 rings (SSSR count). The van der Waals surface area contributed by atoms with Gasteiger partial charge in [0.05, 0.1) is 14.2 Å². The molecule has 32 heavy (non-hydrogen) atoms. The molecule has 0 bridgehead atoms. The average Bonchev–Trinajstić information content (AvgIpc) is 3.26. The van der Waals surface area contributed by atoms with Crippen LogP contribution in [-0.2, 0) is 0 Å². The molecule has 1 heterocycles. The van der Waals surface area contributed by atoms with E-state index in [2.05, 4.69) is 19.2 Å². The van der Waals surface area contributed by atoms with Crippen LogP contribution in [0.5, 0.6) is 11.5 Å². The van der Waals surface area contributed by atoms with Crippen molar-refractivity contribution >= 4 is 22.6 Å². The normalized spacial score (nSPS) is 21.8. The van der Waals surface area contributed by atoms with Crippen molar-refractivity contribution in [3.8, 4) is 11.5 Å². The molecule has 0 spiro atoms. The Balaban J connectivity index is 1.66. The van der Waals surface area contributed by atoms with Gasteiger partial charge < -0.3 is 24.9 Å². The summed E-state index contributed by atoms with van der Waals surface area (Å²) < 4.78 is 16.6. The van der Waals surface area contributed by atoms with E-state index in [0.717, 1.165) is 23.1 Å². The molecule has 1 aliphatic rings. The van der Waals surface area contributed by atoms with Crippen molar-refractivity contribution in [3.63, 3.8) is 0 Å². The Hall–Kier alpha value is -2.99. The van der Waals surface area contributed by atoms with Gasteiger partial charge in [-0.15, -0.1) is 0 Å². The van der Waals surface area contributed by atoms with Gasteiger partial charge in [-0.25, -0.2) is 0 Å². The van der Waals surface area contributed by atoms with Gasteiger partial charge in [0.25, 0.3) is 5.91 Å². The number of rotatable bonds is 6. The minimum Gasteiger partial charge on any atom is -0.497 e. The summed E-state index contributed by atoms with van der Waals surface area (Å²) in [4.78, 5) is 12.9. The summed E-state index contributed by atoms with van der Waals surface area (Å²) in [6, 6.07) is 12.7. The van der Waals surface area contributed by atoms with Crippen LogP contribution in [0, 0.1) is 17.8 Å². The van der Waals surface area contributed by atoms with Crippen molar-refractivity contribution in [2.24, 2.45) is 23.5 Å². The minimum atomic E-state index is -0.326. The molecule has 170 valence electrons. The second kappa shape index (κ2) is 9.25. The maximum absolute atomic E-state index is 12.9. The fourth-order valence-electron chi connectivity index (χ4n) is 4.91. The van der Waals surface area contributed by atoms with Gasteiger partial charge in [-0.05, 0) is 66.1 Å². The highest BCUT2D eigenvalue weighted by Crippen LogP contribution is 2.43. The van der Waals surface area contributed by atoms with Crippen LogP contribution in [0.4, 0.5) is 5.69 Å². The number of hydrogen-bond acceptors (Lipinski definition) is 5. The number of benzene rings is 2. The van der Waals surface area contributed by atoms with Gasteiger partial charge >= 0.3 is 0 Å². The van der Waals surface area contributed by atoms with Gasteiger partial charge in [0.15, 0.2) is 17.1 Å². The Labute approximate surface area is 189 Å². The van der Waals surface area contributed by atoms with Gasteiger partial charge in [0.2, 0.25) is 0 Å². The molecule has 0 saturated heterocycles. The fraction of sp³-hybridized carbons (Fsp3) is 0.423. The van der Waals surface area contributed by atoms with Crippen molar-refractivity contribution in [1.29, 1.82) is 0 Å². The molecule has 0 aliphatic heterocycles. The molecular formula is C26H32N2O4. The predicted molar refractivity (Wildman–Crippen MR) is 126 cm³/mol. The Morgan fingerprint density at radius 2 is 1.84 bits per heavy atom. The molecule has 4 unspecified atom stereocenters. The van der Waals surface area contributed by atoms with Crippen LogP contribution in [0.15, 0.2) is 46.9 Å². The first-order valence-electron chi connectivity index (χ1n) is 11.2. The number of methoxy groups -OCH3 is 2. The molecule has 1 aliphatic carbocycles. The largest absolute Gasteiger partial charge is 0.497 e. The summed E-state index contributed by atoms with van der Waals surface area (Å²) in [7, 11) is 3.20. The number of carbonyl (C=O) groups excluding carboxylic acids is 1. The summed E-state index contributed by atoms with van der Waals surface area (Å²) in [5.41, 5.74) is 9.03. The maximum Gasteiger partial charge on any atom is 0.291 e. The number of nitrogens with one attached hydrogen (secondary N) is 1. The minimum absolute atomic E-state index is 0.128. The van der Waals surface area contributed by atoms with Crippen molar-refractivity contribution in [3.05, 3.63) is 53.8 Å². The molecule has 1 saturated carbocycles. The monoisotopic (exact) mass is 436 g/mol. The van der Waals surface area contributed by atoms with E-state index in [-0.39, 0.29) is 17.7 Å². The van der Waals surface area contributed by atoms with Crippen molar-refractivity contribution in [1.82, 2.24) is 0 Å². The summed E-state index contributed by atoms with van der Waals surface area (Å²) in [5.74, 6) is 2.79. The number of anilines is 1. The predicted octanol–water partition coefficient (Wildman–Crippen LogP) is 5.77. The van der Waals surface area contributed by atoms with Crippen LogP contribution in [0.1, 0.15) is 55.3 Å². The average molecular weight is 437 g/mol. The third kappa shape index (κ3) is 4.19. The molecule has 0 radical (unpaired) electrons. The number of carbonyl (C=O) groups is 1. The summed E-state index contributed by atoms with van der Waals surface area (Å²) in [6.07, 6.45) is 3.57. The van der Waals surface area contributed by atoms with Crippen LogP contribution in [0.2, 0.25) is 0 Å². The first-order valence-corrected chi connectivity index (χ1v) is 11.2. The van der Waals surface area contributed by atoms with Gasteiger partial charge in [0, 0.05) is 17.1 Å². The van der Waals surface area contributed by atoms with E-state index in [4.69, 9.17) is 19.6 Å². The first-order chi connectivity index (χ1) is 15.4. The number of amides is 1. The third-order valence-corrected chi connectivity index (χ3v) is 7.06. The van der Waals surface area contributed by atoms with Crippen LogP contribution >= 0.6 is 0 Å². The first kappa shape index (κ1) is 22.2. The molecule has 1 amide bonds. The van der Waals surface area contributed by atoms with Crippen LogP contribution in [0.25, 0.3) is 11.0 Å². The second-order valence-corrected chi connectivity index (χ2v) is 8.85. The zero-order valence-electron chi connectivity index (χ0n) is 19.2. The lowest BCUT2D eigenvalue weighted by Gasteiger charge is -2.38. The summed E-state index contributed by atoms with van der Waals surface area (Å²) in [6.45, 7) is 4.62. The summed E-state index contributed by atoms with van der Waals surface area (Å²) in [5, 5.41) is 3.71. The molecule has 1 fully saturated rings. The highest BCUT2D eigenvalue weighted by Gasteiger charge is 2.33. The molecule has 3 aromatic rings. The number of furan rings is 1. The smallest absolute Gasteiger partial charge is 0.291 e. The Morgan fingerprint density at radius 3 is 2.53 bits per heavy atom. The number of fused-ring (bicyclic) bond motifs is 1. The standard InChI is InChI=1S/C26H32N2O4/c1-15-6-5-7-19(16(15)2)24(27)20-12-13-22(31-4)25-21(20)14-23(32-25)26(29)28-17-8-10-18(30-3)11-9-17/h8-16,19,24H,5-7,27H2,1-4H3,(H,28,29). The molecule has 4 atom stereocenters. The summed E-state index contributed by atoms with van der Waals surface area (Å²) >= 11 is 0. The van der Waals surface area contributed by atoms with Crippen LogP contribution in [0.3, 0.4) is 0 Å². The quantitative estimate of drug-likeness (QED) is 0.512. The van der Waals surface area contributed by atoms with Crippen LogP contribution in [-0.4, -0.2) is 20.1 Å². The van der Waals surface area contributed by atoms with E-state index < -0.39 is 0 Å². The molecule has 1 aromatic heterocycles. The van der Waals surface area contributed by atoms with Gasteiger partial charge in [-0.3, -0.25) is 4.79 Å². The van der Waals surface area contributed by atoms with Gasteiger partial charge in [-0.2, -0.15) is 0 Å². The molecule has 3 N–H and O–H groups in total. The zero-order chi connectivity index (χ0) is 22.8. The van der Waals surface area contributed by atoms with Gasteiger partial charge in [0.1, 0.15) is 5.75 Å². The van der Waals surface area contributed by atoms with Crippen LogP contribution < -0.4 is 20.5 Å². The number of ether oxygens (including phenoxy) is 2. The highest BCUT2D eigenvalue weighted by atomic mass is 16.5.